The molecule has 0 atom stereocenters. The molecule has 2 N–H and O–H groups in total. The lowest BCUT2D eigenvalue weighted by Crippen LogP contribution is -2.24. The van der Waals surface area contributed by atoms with Crippen molar-refractivity contribution in [1.82, 2.24) is 5.32 Å². The van der Waals surface area contributed by atoms with Crippen molar-refractivity contribution in [2.45, 2.75) is 77.3 Å². The largest absolute Gasteiger partial charge is 0.493 e. The van der Waals surface area contributed by atoms with Crippen LogP contribution in [0.5, 0.6) is 5.75 Å². The minimum Gasteiger partial charge on any atom is -0.493 e. The molecule has 1 aliphatic rings. The quantitative estimate of drug-likeness (QED) is 0.107. The van der Waals surface area contributed by atoms with E-state index >= 15 is 0 Å². The van der Waals surface area contributed by atoms with E-state index in [9.17, 15) is 28.1 Å². The maximum atomic E-state index is 12.5. The molecule has 1 aromatic carbocycles. The van der Waals surface area contributed by atoms with Crippen LogP contribution in [0.4, 0.5) is 13.2 Å². The van der Waals surface area contributed by atoms with Crippen LogP contribution in [0.3, 0.4) is 0 Å². The smallest absolute Gasteiger partial charge is 0.416 e. The first-order valence-corrected chi connectivity index (χ1v) is 13.3. The van der Waals surface area contributed by atoms with E-state index in [4.69, 9.17) is 9.84 Å². The second-order valence-electron chi connectivity index (χ2n) is 8.71. The number of nitrogens with one attached hydrogen (secondary N) is 1. The van der Waals surface area contributed by atoms with E-state index in [1.807, 2.05) is 19.1 Å². The van der Waals surface area contributed by atoms with E-state index in [-0.39, 0.29) is 18.3 Å². The highest BCUT2D eigenvalue weighted by Gasteiger charge is 2.30. The Hall–Kier alpha value is -3.08. The van der Waals surface area contributed by atoms with E-state index in [2.05, 4.69) is 22.3 Å². The summed E-state index contributed by atoms with van der Waals surface area (Å²) in [4.78, 5) is 25.2. The van der Waals surface area contributed by atoms with Gasteiger partial charge in [0.1, 0.15) is 5.75 Å². The number of ether oxygens (including phenoxy) is 1. The van der Waals surface area contributed by atoms with Gasteiger partial charge in [0.25, 0.3) is 5.09 Å². The van der Waals surface area contributed by atoms with Crippen LogP contribution >= 0.6 is 0 Å². The van der Waals surface area contributed by atoms with Crippen LogP contribution in [0.1, 0.15) is 76.7 Å². The molecule has 0 spiro atoms. The van der Waals surface area contributed by atoms with E-state index in [1.54, 1.807) is 6.07 Å². The maximum absolute atomic E-state index is 12.5. The highest BCUT2D eigenvalue weighted by molar-refractivity contribution is 5.75. The molecule has 222 valence electrons. The first-order chi connectivity index (χ1) is 18.7. The third-order valence-corrected chi connectivity index (χ3v) is 5.62. The first kappa shape index (κ1) is 35.9. The van der Waals surface area contributed by atoms with Crippen molar-refractivity contribution in [3.05, 3.63) is 64.2 Å². The van der Waals surface area contributed by atoms with Crippen molar-refractivity contribution in [3.63, 3.8) is 0 Å². The fraction of sp³-hybridized carbons (Fsp3) is 0.607. The van der Waals surface area contributed by atoms with Gasteiger partial charge in [0.2, 0.25) is 5.91 Å². The molecular weight excluding hydrogens is 517 g/mol. The lowest BCUT2D eigenvalue weighted by Gasteiger charge is -2.09. The Balaban J connectivity index is 0.000000707. The number of carbonyl (C=O) groups is 1. The summed E-state index contributed by atoms with van der Waals surface area (Å²) in [6.45, 7) is 2.99. The van der Waals surface area contributed by atoms with Gasteiger partial charge in [-0.2, -0.15) is 13.2 Å². The van der Waals surface area contributed by atoms with Crippen LogP contribution in [0, 0.1) is 16.0 Å². The number of allylic oxidation sites excluding steroid dienone is 3. The number of halogens is 3. The third kappa shape index (κ3) is 20.5. The van der Waals surface area contributed by atoms with Gasteiger partial charge in [-0.3, -0.25) is 4.79 Å². The summed E-state index contributed by atoms with van der Waals surface area (Å²) in [5.41, 5.74) is -0.670. The third-order valence-electron chi connectivity index (χ3n) is 5.62. The van der Waals surface area contributed by atoms with Crippen LogP contribution in [-0.4, -0.2) is 43.0 Å². The van der Waals surface area contributed by atoms with E-state index in [1.165, 1.54) is 31.7 Å². The van der Waals surface area contributed by atoms with Crippen molar-refractivity contribution >= 4 is 5.91 Å². The van der Waals surface area contributed by atoms with Crippen molar-refractivity contribution in [2.24, 2.45) is 5.92 Å². The number of alkyl halides is 3. The van der Waals surface area contributed by atoms with Gasteiger partial charge >= 0.3 is 6.18 Å². The van der Waals surface area contributed by atoms with E-state index < -0.39 is 16.8 Å². The van der Waals surface area contributed by atoms with Crippen molar-refractivity contribution in [1.29, 1.82) is 0 Å². The average Bonchev–Trinajstić information content (AvgIpc) is 3.43. The molecule has 39 heavy (non-hydrogen) atoms. The standard InChI is InChI=1S/C16H19F3O.C11H20N2O4.CH4O/c17-16(18,19)14-9-5-10-15(12-14)20-11-4-3-8-13-6-1-2-7-13;1-2-3-4-5-8-11(14)12-9-6-7-10-17-13(15)16;1-2/h3,5,8-10,12-13H,1-2,4,6-7,11H2;2-3H,4-10H2,1H3,(H,12,14);2H,1H3/b8-3+;3-2-;. The molecule has 1 fully saturated rings. The summed E-state index contributed by atoms with van der Waals surface area (Å²) in [7, 11) is 1.00. The normalized spacial score (nSPS) is 13.4. The Morgan fingerprint density at radius 2 is 1.85 bits per heavy atom. The zero-order chi connectivity index (χ0) is 29.4. The number of aliphatic hydroxyl groups excluding tert-OH is 1. The highest BCUT2D eigenvalue weighted by Crippen LogP contribution is 2.31. The lowest BCUT2D eigenvalue weighted by atomic mass is 10.1. The van der Waals surface area contributed by atoms with Crippen LogP contribution in [-0.2, 0) is 15.8 Å². The Labute approximate surface area is 229 Å². The summed E-state index contributed by atoms with van der Waals surface area (Å²) < 4.78 is 42.9. The maximum Gasteiger partial charge on any atom is 0.416 e. The van der Waals surface area contributed by atoms with Crippen LogP contribution in [0.2, 0.25) is 0 Å². The molecule has 11 heteroatoms. The van der Waals surface area contributed by atoms with Gasteiger partial charge in [-0.15, -0.1) is 10.1 Å². The van der Waals surface area contributed by atoms with Gasteiger partial charge in [0.05, 0.1) is 18.8 Å². The molecule has 1 amide bonds. The first-order valence-electron chi connectivity index (χ1n) is 13.3. The lowest BCUT2D eigenvalue weighted by molar-refractivity contribution is -0.757. The molecule has 0 aliphatic heterocycles. The van der Waals surface area contributed by atoms with Gasteiger partial charge in [0.15, 0.2) is 0 Å². The number of benzene rings is 1. The molecule has 8 nitrogen and oxygen atoms in total. The SMILES string of the molecule is C/C=C\CCCC(=O)NCCCCO[N+](=O)[O-].CO.FC(F)(F)c1cccc(OCC/C=C/C2CCCC2)c1. The minimum atomic E-state index is -4.32. The van der Waals surface area contributed by atoms with Crippen molar-refractivity contribution < 1.29 is 37.7 Å². The molecule has 0 aromatic heterocycles. The average molecular weight is 561 g/mol. The van der Waals surface area contributed by atoms with Crippen molar-refractivity contribution in [3.8, 4) is 5.75 Å². The predicted octanol–water partition coefficient (Wildman–Crippen LogP) is 6.67. The number of amides is 1. The van der Waals surface area contributed by atoms with Gasteiger partial charge < -0.3 is 20.0 Å². The fourth-order valence-corrected chi connectivity index (χ4v) is 3.68. The molecule has 0 heterocycles. The molecule has 0 radical (unpaired) electrons. The predicted molar refractivity (Wildman–Crippen MR) is 145 cm³/mol. The van der Waals surface area contributed by atoms with E-state index in [0.717, 1.165) is 38.5 Å². The molecule has 1 aliphatic carbocycles. The topological polar surface area (TPSA) is 111 Å². The van der Waals surface area contributed by atoms with E-state index in [0.29, 0.717) is 38.3 Å². The van der Waals surface area contributed by atoms with Crippen molar-refractivity contribution in [2.75, 3.05) is 26.9 Å². The number of unbranched alkanes of at least 4 members (excludes halogenated alkanes) is 2. The zero-order valence-electron chi connectivity index (χ0n) is 23.0. The monoisotopic (exact) mass is 560 g/mol. The Kier molecular flexibility index (Phi) is 21.1. The number of nitrogens with zero attached hydrogens (tertiary/aromatic N) is 1. The molecule has 0 unspecified atom stereocenters. The van der Waals surface area contributed by atoms with Crippen LogP contribution < -0.4 is 10.1 Å². The van der Waals surface area contributed by atoms with Crippen LogP contribution in [0.15, 0.2) is 48.6 Å². The molecule has 0 saturated heterocycles. The Bertz CT molecular complexity index is 841. The summed E-state index contributed by atoms with van der Waals surface area (Å²) in [6, 6.07) is 5.01. The summed E-state index contributed by atoms with van der Waals surface area (Å²) in [5, 5.41) is 18.8. The molecular formula is C28H43F3N2O6. The van der Waals surface area contributed by atoms with Gasteiger partial charge in [-0.05, 0) is 76.0 Å². The number of hydrogen-bond acceptors (Lipinski definition) is 6. The second kappa shape index (κ2) is 22.9. The number of carbonyl (C=O) groups excluding carboxylic acids is 1. The highest BCUT2D eigenvalue weighted by atomic mass is 19.4. The van der Waals surface area contributed by atoms with Gasteiger partial charge in [-0.25, -0.2) is 0 Å². The molecule has 0 bridgehead atoms. The Morgan fingerprint density at radius 1 is 1.13 bits per heavy atom. The van der Waals surface area contributed by atoms with Crippen LogP contribution in [0.25, 0.3) is 0 Å². The number of rotatable bonds is 15. The van der Waals surface area contributed by atoms with Gasteiger partial charge in [0, 0.05) is 20.1 Å². The molecule has 1 saturated carbocycles. The van der Waals surface area contributed by atoms with Gasteiger partial charge in [-0.1, -0.05) is 43.2 Å². The summed E-state index contributed by atoms with van der Waals surface area (Å²) >= 11 is 0. The summed E-state index contributed by atoms with van der Waals surface area (Å²) in [5.74, 6) is 0.988. The minimum absolute atomic E-state index is 0.0321. The summed E-state index contributed by atoms with van der Waals surface area (Å²) in [6.07, 6.45) is 13.3. The Morgan fingerprint density at radius 3 is 2.49 bits per heavy atom. The second-order valence-corrected chi connectivity index (χ2v) is 8.71. The fourth-order valence-electron chi connectivity index (χ4n) is 3.68. The molecule has 2 rings (SSSR count). The number of hydrogen-bond donors (Lipinski definition) is 2. The number of aliphatic hydroxyl groups is 1. The zero-order valence-corrected chi connectivity index (χ0v) is 23.0. The molecule has 1 aromatic rings.